The molecule has 1 N–H and O–H groups in total. The lowest BCUT2D eigenvalue weighted by Gasteiger charge is -2.28. The highest BCUT2D eigenvalue weighted by Crippen LogP contribution is 2.19. The molecule has 2 saturated heterocycles. The Hall–Kier alpha value is -1.96. The third kappa shape index (κ3) is 3.36. The number of nitrogens with zero attached hydrogens (tertiary/aromatic N) is 5. The van der Waals surface area contributed by atoms with Crippen LogP contribution in [0.15, 0.2) is 6.20 Å². The van der Waals surface area contributed by atoms with Crippen LogP contribution in [0.1, 0.15) is 36.7 Å². The van der Waals surface area contributed by atoms with Crippen LogP contribution in [0.5, 0.6) is 0 Å². The molecule has 3 rings (SSSR count). The van der Waals surface area contributed by atoms with Crippen molar-refractivity contribution in [2.45, 2.75) is 32.2 Å². The van der Waals surface area contributed by atoms with Gasteiger partial charge in [-0.05, 0) is 32.4 Å². The Morgan fingerprint density at radius 2 is 1.96 bits per heavy atom. The van der Waals surface area contributed by atoms with E-state index in [0.717, 1.165) is 38.9 Å². The minimum atomic E-state index is -0.121. The molecule has 126 valence electrons. The van der Waals surface area contributed by atoms with E-state index in [4.69, 9.17) is 0 Å². The lowest BCUT2D eigenvalue weighted by molar-refractivity contribution is -0.135. The van der Waals surface area contributed by atoms with Crippen LogP contribution in [-0.4, -0.2) is 87.2 Å². The zero-order valence-corrected chi connectivity index (χ0v) is 13.6. The summed E-state index contributed by atoms with van der Waals surface area (Å²) in [4.78, 5) is 31.1. The van der Waals surface area contributed by atoms with E-state index in [0.29, 0.717) is 25.3 Å². The highest BCUT2D eigenvalue weighted by molar-refractivity contribution is 5.92. The van der Waals surface area contributed by atoms with Crippen molar-refractivity contribution in [1.29, 1.82) is 0 Å². The molecule has 2 aliphatic rings. The SMILES string of the molecule is CCN1CCCC1C(=O)N1CCCN(C(=O)c2cn[nH]n2)CC1. The zero-order valence-electron chi connectivity index (χ0n) is 13.6. The Kier molecular flexibility index (Phi) is 4.90. The summed E-state index contributed by atoms with van der Waals surface area (Å²) in [6.45, 7) is 6.55. The van der Waals surface area contributed by atoms with E-state index in [-0.39, 0.29) is 17.9 Å². The van der Waals surface area contributed by atoms with Gasteiger partial charge in [0.25, 0.3) is 5.91 Å². The molecule has 1 aromatic heterocycles. The van der Waals surface area contributed by atoms with E-state index < -0.39 is 0 Å². The number of hydrogen-bond acceptors (Lipinski definition) is 5. The zero-order chi connectivity index (χ0) is 16.2. The Labute approximate surface area is 135 Å². The summed E-state index contributed by atoms with van der Waals surface area (Å²) in [6.07, 6.45) is 4.28. The summed E-state index contributed by atoms with van der Waals surface area (Å²) in [5.41, 5.74) is 0.331. The summed E-state index contributed by atoms with van der Waals surface area (Å²) < 4.78 is 0. The predicted molar refractivity (Wildman–Crippen MR) is 83.8 cm³/mol. The number of rotatable bonds is 3. The summed E-state index contributed by atoms with van der Waals surface area (Å²) >= 11 is 0. The number of nitrogens with one attached hydrogen (secondary N) is 1. The molecule has 2 aliphatic heterocycles. The maximum atomic E-state index is 12.8. The maximum Gasteiger partial charge on any atom is 0.276 e. The average Bonchev–Trinajstić information content (AvgIpc) is 3.20. The highest BCUT2D eigenvalue weighted by atomic mass is 16.2. The summed E-state index contributed by atoms with van der Waals surface area (Å²) in [6, 6.07) is 0.0257. The van der Waals surface area contributed by atoms with Crippen molar-refractivity contribution >= 4 is 11.8 Å². The molecule has 0 aromatic carbocycles. The molecule has 3 heterocycles. The molecule has 8 nitrogen and oxygen atoms in total. The van der Waals surface area contributed by atoms with E-state index in [1.807, 2.05) is 4.90 Å². The molecule has 1 unspecified atom stereocenters. The molecule has 23 heavy (non-hydrogen) atoms. The van der Waals surface area contributed by atoms with Crippen LogP contribution < -0.4 is 0 Å². The molecule has 0 spiro atoms. The van der Waals surface area contributed by atoms with Gasteiger partial charge in [0.1, 0.15) is 0 Å². The number of carbonyl (C=O) groups is 2. The Bertz CT molecular complexity index is 546. The number of aromatic nitrogens is 3. The van der Waals surface area contributed by atoms with Gasteiger partial charge in [0.15, 0.2) is 5.69 Å². The number of amides is 2. The fraction of sp³-hybridized carbons (Fsp3) is 0.733. The molecule has 1 aromatic rings. The average molecular weight is 320 g/mol. The number of H-pyrrole nitrogens is 1. The van der Waals surface area contributed by atoms with Crippen molar-refractivity contribution in [2.75, 3.05) is 39.3 Å². The van der Waals surface area contributed by atoms with E-state index in [9.17, 15) is 9.59 Å². The number of hydrogen-bond donors (Lipinski definition) is 1. The molecular weight excluding hydrogens is 296 g/mol. The van der Waals surface area contributed by atoms with Crippen molar-refractivity contribution in [3.05, 3.63) is 11.9 Å². The fourth-order valence-corrected chi connectivity index (χ4v) is 3.50. The predicted octanol–water partition coefficient (Wildman–Crippen LogP) is -0.0365. The smallest absolute Gasteiger partial charge is 0.276 e. The first-order chi connectivity index (χ1) is 11.2. The fourth-order valence-electron chi connectivity index (χ4n) is 3.50. The minimum Gasteiger partial charge on any atom is -0.339 e. The van der Waals surface area contributed by atoms with Gasteiger partial charge in [-0.1, -0.05) is 6.92 Å². The second-order valence-corrected chi connectivity index (χ2v) is 6.11. The van der Waals surface area contributed by atoms with Crippen LogP contribution in [0, 0.1) is 0 Å². The standard InChI is InChI=1S/C15H24N6O2/c1-2-19-6-3-5-13(19)15(23)21-8-4-7-20(9-10-21)14(22)12-11-16-18-17-12/h11,13H,2-10H2,1H3,(H,16,17,18). The topological polar surface area (TPSA) is 85.4 Å². The molecular formula is C15H24N6O2. The Morgan fingerprint density at radius 1 is 1.17 bits per heavy atom. The molecule has 1 atom stereocenters. The first kappa shape index (κ1) is 15.9. The van der Waals surface area contributed by atoms with Crippen LogP contribution >= 0.6 is 0 Å². The van der Waals surface area contributed by atoms with Gasteiger partial charge in [-0.15, -0.1) is 0 Å². The van der Waals surface area contributed by atoms with E-state index in [1.54, 1.807) is 4.90 Å². The molecule has 0 aliphatic carbocycles. The van der Waals surface area contributed by atoms with Crippen molar-refractivity contribution in [3.63, 3.8) is 0 Å². The first-order valence-corrected chi connectivity index (χ1v) is 8.38. The summed E-state index contributed by atoms with van der Waals surface area (Å²) in [5.74, 6) is 0.101. The quantitative estimate of drug-likeness (QED) is 0.845. The van der Waals surface area contributed by atoms with Crippen LogP contribution in [0.3, 0.4) is 0 Å². The van der Waals surface area contributed by atoms with E-state index in [1.165, 1.54) is 6.20 Å². The van der Waals surface area contributed by atoms with E-state index in [2.05, 4.69) is 27.2 Å². The van der Waals surface area contributed by atoms with Gasteiger partial charge in [-0.2, -0.15) is 15.4 Å². The van der Waals surface area contributed by atoms with Crippen molar-refractivity contribution in [3.8, 4) is 0 Å². The minimum absolute atomic E-state index is 0.0257. The van der Waals surface area contributed by atoms with Crippen LogP contribution in [-0.2, 0) is 4.79 Å². The van der Waals surface area contributed by atoms with Crippen molar-refractivity contribution in [2.24, 2.45) is 0 Å². The second kappa shape index (κ2) is 7.08. The lowest BCUT2D eigenvalue weighted by Crippen LogP contribution is -2.47. The van der Waals surface area contributed by atoms with Gasteiger partial charge < -0.3 is 9.80 Å². The van der Waals surface area contributed by atoms with Gasteiger partial charge in [-0.3, -0.25) is 14.5 Å². The Morgan fingerprint density at radius 3 is 2.70 bits per heavy atom. The van der Waals surface area contributed by atoms with Gasteiger partial charge in [-0.25, -0.2) is 0 Å². The normalized spacial score (nSPS) is 23.1. The van der Waals surface area contributed by atoms with Gasteiger partial charge >= 0.3 is 0 Å². The number of likely N-dealkylation sites (N-methyl/N-ethyl adjacent to an activating group) is 1. The number of carbonyl (C=O) groups excluding carboxylic acids is 2. The number of likely N-dealkylation sites (tertiary alicyclic amines) is 1. The largest absolute Gasteiger partial charge is 0.339 e. The first-order valence-electron chi connectivity index (χ1n) is 8.38. The third-order valence-electron chi connectivity index (χ3n) is 4.78. The molecule has 0 radical (unpaired) electrons. The van der Waals surface area contributed by atoms with Gasteiger partial charge in [0.05, 0.1) is 12.2 Å². The molecule has 2 amide bonds. The Balaban J connectivity index is 1.60. The van der Waals surface area contributed by atoms with Crippen molar-refractivity contribution in [1.82, 2.24) is 30.1 Å². The third-order valence-corrected chi connectivity index (χ3v) is 4.78. The highest BCUT2D eigenvalue weighted by Gasteiger charge is 2.33. The molecule has 0 saturated carbocycles. The molecule has 0 bridgehead atoms. The van der Waals surface area contributed by atoms with Gasteiger partial charge in [0.2, 0.25) is 5.91 Å². The molecule has 8 heteroatoms. The van der Waals surface area contributed by atoms with Crippen LogP contribution in [0.25, 0.3) is 0 Å². The lowest BCUT2D eigenvalue weighted by atomic mass is 10.2. The molecule has 2 fully saturated rings. The monoisotopic (exact) mass is 320 g/mol. The van der Waals surface area contributed by atoms with Crippen LogP contribution in [0.4, 0.5) is 0 Å². The second-order valence-electron chi connectivity index (χ2n) is 6.11. The van der Waals surface area contributed by atoms with Crippen molar-refractivity contribution < 1.29 is 9.59 Å². The van der Waals surface area contributed by atoms with Gasteiger partial charge in [0, 0.05) is 26.2 Å². The van der Waals surface area contributed by atoms with Crippen LogP contribution in [0.2, 0.25) is 0 Å². The summed E-state index contributed by atoms with van der Waals surface area (Å²) in [5, 5.41) is 9.99. The maximum absolute atomic E-state index is 12.8. The number of aromatic amines is 1. The van der Waals surface area contributed by atoms with E-state index >= 15 is 0 Å². The summed E-state index contributed by atoms with van der Waals surface area (Å²) in [7, 11) is 0.